The van der Waals surface area contributed by atoms with E-state index in [0.717, 1.165) is 5.69 Å². The number of phenols is 1. The summed E-state index contributed by atoms with van der Waals surface area (Å²) in [5, 5.41) is 9.39. The molecule has 2 aromatic rings. The fourth-order valence-corrected chi connectivity index (χ4v) is 1.10. The maximum Gasteiger partial charge on any atom is 0.161 e. The average Bonchev–Trinajstić information content (AvgIpc) is 2.69. The third-order valence-corrected chi connectivity index (χ3v) is 1.80. The summed E-state index contributed by atoms with van der Waals surface area (Å²) in [4.78, 5) is 6.83. The number of H-pyrrole nitrogens is 1. The van der Waals surface area contributed by atoms with Crippen LogP contribution in [-0.4, -0.2) is 15.1 Å². The molecular formula is C10H10N2O2. The van der Waals surface area contributed by atoms with Crippen molar-refractivity contribution in [2.45, 2.75) is 6.61 Å². The first-order chi connectivity index (χ1) is 6.86. The average molecular weight is 190 g/mol. The van der Waals surface area contributed by atoms with Crippen LogP contribution in [0.4, 0.5) is 0 Å². The molecule has 0 aliphatic heterocycles. The molecule has 0 unspecified atom stereocenters. The number of aromatic nitrogens is 2. The number of nitrogens with zero attached hydrogens (tertiary/aromatic N) is 1. The smallest absolute Gasteiger partial charge is 0.161 e. The third-order valence-electron chi connectivity index (χ3n) is 1.80. The second-order valence-corrected chi connectivity index (χ2v) is 2.82. The number of nitrogens with one attached hydrogen (secondary N) is 1. The van der Waals surface area contributed by atoms with E-state index in [1.165, 1.54) is 0 Å². The molecule has 0 spiro atoms. The van der Waals surface area contributed by atoms with Crippen molar-refractivity contribution in [2.24, 2.45) is 0 Å². The molecule has 2 rings (SSSR count). The van der Waals surface area contributed by atoms with Crippen molar-refractivity contribution in [2.75, 3.05) is 0 Å². The van der Waals surface area contributed by atoms with Crippen molar-refractivity contribution in [1.29, 1.82) is 0 Å². The van der Waals surface area contributed by atoms with E-state index in [-0.39, 0.29) is 5.75 Å². The third kappa shape index (κ3) is 1.85. The zero-order chi connectivity index (χ0) is 9.80. The van der Waals surface area contributed by atoms with Crippen molar-refractivity contribution >= 4 is 0 Å². The number of ether oxygens (including phenoxy) is 1. The monoisotopic (exact) mass is 190 g/mol. The van der Waals surface area contributed by atoms with Gasteiger partial charge < -0.3 is 14.8 Å². The Kier molecular flexibility index (Phi) is 2.36. The van der Waals surface area contributed by atoms with Gasteiger partial charge in [-0.05, 0) is 12.1 Å². The molecule has 1 aromatic carbocycles. The van der Waals surface area contributed by atoms with Crippen LogP contribution >= 0.6 is 0 Å². The van der Waals surface area contributed by atoms with Crippen LogP contribution < -0.4 is 4.74 Å². The Hall–Kier alpha value is -1.97. The molecular weight excluding hydrogens is 180 g/mol. The fraction of sp³-hybridized carbons (Fsp3) is 0.100. The normalized spacial score (nSPS) is 10.0. The summed E-state index contributed by atoms with van der Waals surface area (Å²) >= 11 is 0. The van der Waals surface area contributed by atoms with Crippen LogP contribution in [0.25, 0.3) is 0 Å². The minimum absolute atomic E-state index is 0.142. The van der Waals surface area contributed by atoms with Crippen LogP contribution in [0, 0.1) is 0 Å². The summed E-state index contributed by atoms with van der Waals surface area (Å²) < 4.78 is 5.35. The number of aromatic hydroxyl groups is 1. The maximum absolute atomic E-state index is 9.39. The van der Waals surface area contributed by atoms with Crippen LogP contribution in [0.1, 0.15) is 5.69 Å². The minimum Gasteiger partial charge on any atom is -0.504 e. The van der Waals surface area contributed by atoms with Gasteiger partial charge in [0.1, 0.15) is 6.61 Å². The lowest BCUT2D eigenvalue weighted by Gasteiger charge is -2.05. The van der Waals surface area contributed by atoms with Gasteiger partial charge in [0.25, 0.3) is 0 Å². The summed E-state index contributed by atoms with van der Waals surface area (Å²) in [5.74, 6) is 0.610. The molecule has 4 nitrogen and oxygen atoms in total. The molecule has 0 radical (unpaired) electrons. The van der Waals surface area contributed by atoms with E-state index in [1.807, 2.05) is 0 Å². The second-order valence-electron chi connectivity index (χ2n) is 2.82. The molecule has 14 heavy (non-hydrogen) atoms. The molecule has 2 N–H and O–H groups in total. The fourth-order valence-electron chi connectivity index (χ4n) is 1.10. The molecule has 0 fully saturated rings. The number of hydrogen-bond acceptors (Lipinski definition) is 3. The lowest BCUT2D eigenvalue weighted by molar-refractivity contribution is 0.285. The number of hydrogen-bond donors (Lipinski definition) is 2. The lowest BCUT2D eigenvalue weighted by atomic mass is 10.3. The molecule has 0 saturated heterocycles. The highest BCUT2D eigenvalue weighted by Crippen LogP contribution is 2.24. The van der Waals surface area contributed by atoms with Gasteiger partial charge in [-0.25, -0.2) is 4.98 Å². The maximum atomic E-state index is 9.39. The van der Waals surface area contributed by atoms with Crippen molar-refractivity contribution in [1.82, 2.24) is 9.97 Å². The van der Waals surface area contributed by atoms with E-state index in [4.69, 9.17) is 4.74 Å². The quantitative estimate of drug-likeness (QED) is 0.774. The van der Waals surface area contributed by atoms with Crippen LogP contribution in [0.3, 0.4) is 0 Å². The SMILES string of the molecule is Oc1ccccc1OCc1c[nH]cn1. The van der Waals surface area contributed by atoms with Crippen LogP contribution in [0.15, 0.2) is 36.8 Å². The number of para-hydroxylation sites is 2. The Morgan fingerprint density at radius 3 is 2.93 bits per heavy atom. The first-order valence-electron chi connectivity index (χ1n) is 4.25. The van der Waals surface area contributed by atoms with Crippen LogP contribution in [0.5, 0.6) is 11.5 Å². The van der Waals surface area contributed by atoms with Gasteiger partial charge in [0.05, 0.1) is 12.0 Å². The molecule has 0 atom stereocenters. The molecule has 0 aliphatic carbocycles. The van der Waals surface area contributed by atoms with Gasteiger partial charge in [-0.2, -0.15) is 0 Å². The Morgan fingerprint density at radius 2 is 2.21 bits per heavy atom. The van der Waals surface area contributed by atoms with Gasteiger partial charge in [-0.1, -0.05) is 12.1 Å². The van der Waals surface area contributed by atoms with E-state index in [2.05, 4.69) is 9.97 Å². The van der Waals surface area contributed by atoms with Gasteiger partial charge in [-0.15, -0.1) is 0 Å². The number of imidazole rings is 1. The summed E-state index contributed by atoms with van der Waals surface area (Å²) in [6.45, 7) is 0.348. The van der Waals surface area contributed by atoms with E-state index < -0.39 is 0 Å². The lowest BCUT2D eigenvalue weighted by Crippen LogP contribution is -1.95. The van der Waals surface area contributed by atoms with Gasteiger partial charge >= 0.3 is 0 Å². The number of rotatable bonds is 3. The summed E-state index contributed by atoms with van der Waals surface area (Å²) in [6.07, 6.45) is 3.34. The van der Waals surface area contributed by atoms with Crippen molar-refractivity contribution in [3.05, 3.63) is 42.5 Å². The molecule has 1 aromatic heterocycles. The Labute approximate surface area is 81.2 Å². The highest BCUT2D eigenvalue weighted by Gasteiger charge is 2.01. The zero-order valence-electron chi connectivity index (χ0n) is 7.47. The van der Waals surface area contributed by atoms with Gasteiger partial charge in [0.15, 0.2) is 11.5 Å². The largest absolute Gasteiger partial charge is 0.504 e. The molecule has 4 heteroatoms. The number of aromatic amines is 1. The predicted octanol–water partition coefficient (Wildman–Crippen LogP) is 1.69. The molecule has 1 heterocycles. The van der Waals surface area contributed by atoms with E-state index >= 15 is 0 Å². The van der Waals surface area contributed by atoms with E-state index in [1.54, 1.807) is 36.8 Å². The number of benzene rings is 1. The first kappa shape index (κ1) is 8.62. The minimum atomic E-state index is 0.142. The molecule has 0 bridgehead atoms. The van der Waals surface area contributed by atoms with Crippen molar-refractivity contribution in [3.8, 4) is 11.5 Å². The molecule has 0 saturated carbocycles. The first-order valence-corrected chi connectivity index (χ1v) is 4.25. The topological polar surface area (TPSA) is 58.1 Å². The summed E-state index contributed by atoms with van der Waals surface area (Å²) in [6, 6.07) is 6.85. The summed E-state index contributed by atoms with van der Waals surface area (Å²) in [5.41, 5.74) is 0.799. The van der Waals surface area contributed by atoms with E-state index in [0.29, 0.717) is 12.4 Å². The van der Waals surface area contributed by atoms with Crippen molar-refractivity contribution in [3.63, 3.8) is 0 Å². The van der Waals surface area contributed by atoms with Gasteiger partial charge in [0, 0.05) is 6.20 Å². The Balaban J connectivity index is 2.02. The van der Waals surface area contributed by atoms with E-state index in [9.17, 15) is 5.11 Å². The standard InChI is InChI=1S/C10H10N2O2/c13-9-3-1-2-4-10(9)14-6-8-5-11-7-12-8/h1-5,7,13H,6H2,(H,11,12). The highest BCUT2D eigenvalue weighted by atomic mass is 16.5. The van der Waals surface area contributed by atoms with Crippen molar-refractivity contribution < 1.29 is 9.84 Å². The molecule has 0 aliphatic rings. The highest BCUT2D eigenvalue weighted by molar-refractivity contribution is 5.37. The number of phenolic OH excluding ortho intramolecular Hbond substituents is 1. The second kappa shape index (κ2) is 3.83. The van der Waals surface area contributed by atoms with Gasteiger partial charge in [-0.3, -0.25) is 0 Å². The Bertz CT molecular complexity index is 398. The van der Waals surface area contributed by atoms with Gasteiger partial charge in [0.2, 0.25) is 0 Å². The Morgan fingerprint density at radius 1 is 1.36 bits per heavy atom. The molecule has 0 amide bonds. The van der Waals surface area contributed by atoms with Crippen LogP contribution in [-0.2, 0) is 6.61 Å². The van der Waals surface area contributed by atoms with Crippen LogP contribution in [0.2, 0.25) is 0 Å². The molecule has 72 valence electrons. The predicted molar refractivity (Wildman–Crippen MR) is 51.0 cm³/mol. The zero-order valence-corrected chi connectivity index (χ0v) is 7.47. The summed E-state index contributed by atoms with van der Waals surface area (Å²) in [7, 11) is 0.